The molecule has 0 spiro atoms. The number of amides is 1. The minimum absolute atomic E-state index is 0.122. The Morgan fingerprint density at radius 2 is 1.69 bits per heavy atom. The number of carbonyl (C=O) groups excluding carboxylic acids is 1. The molecule has 8 heteroatoms. The molecule has 0 unspecified atom stereocenters. The molecule has 0 bridgehead atoms. The van der Waals surface area contributed by atoms with Crippen molar-refractivity contribution in [3.05, 3.63) is 29.8 Å². The van der Waals surface area contributed by atoms with Gasteiger partial charge < -0.3 is 10.0 Å². The zero-order valence-electron chi connectivity index (χ0n) is 15.2. The summed E-state index contributed by atoms with van der Waals surface area (Å²) in [5, 5.41) is 9.01. The Hall–Kier alpha value is -1.93. The van der Waals surface area contributed by atoms with Gasteiger partial charge in [0.1, 0.15) is 6.54 Å². The van der Waals surface area contributed by atoms with Crippen molar-refractivity contribution in [1.29, 1.82) is 0 Å². The Labute approximate surface area is 154 Å². The first-order valence-electron chi connectivity index (χ1n) is 8.83. The van der Waals surface area contributed by atoms with Crippen LogP contribution in [0.3, 0.4) is 0 Å². The van der Waals surface area contributed by atoms with Crippen LogP contribution >= 0.6 is 0 Å². The third kappa shape index (κ3) is 5.04. The van der Waals surface area contributed by atoms with Gasteiger partial charge in [0.2, 0.25) is 10.0 Å². The minimum Gasteiger partial charge on any atom is -0.480 e. The summed E-state index contributed by atoms with van der Waals surface area (Å²) in [6.45, 7) is 4.77. The summed E-state index contributed by atoms with van der Waals surface area (Å²) in [5.74, 6) is -1.37. The van der Waals surface area contributed by atoms with Gasteiger partial charge >= 0.3 is 5.97 Å². The first kappa shape index (κ1) is 20.4. The molecule has 0 saturated carbocycles. The second-order valence-corrected chi connectivity index (χ2v) is 8.90. The topological polar surface area (TPSA) is 95.0 Å². The van der Waals surface area contributed by atoms with E-state index in [4.69, 9.17) is 5.11 Å². The minimum atomic E-state index is -3.55. The summed E-state index contributed by atoms with van der Waals surface area (Å²) in [5.41, 5.74) is 0.282. The van der Waals surface area contributed by atoms with Gasteiger partial charge in [0.05, 0.1) is 4.90 Å². The Morgan fingerprint density at radius 1 is 1.12 bits per heavy atom. The number of benzene rings is 1. The number of sulfonamides is 1. The smallest absolute Gasteiger partial charge is 0.323 e. The van der Waals surface area contributed by atoms with E-state index >= 15 is 0 Å². The molecule has 26 heavy (non-hydrogen) atoms. The lowest BCUT2D eigenvalue weighted by Crippen LogP contribution is -2.38. The van der Waals surface area contributed by atoms with E-state index in [1.807, 2.05) is 13.8 Å². The van der Waals surface area contributed by atoms with Crippen LogP contribution in [0, 0.1) is 5.92 Å². The molecular weight excluding hydrogens is 356 g/mol. The zero-order chi connectivity index (χ0) is 19.3. The largest absolute Gasteiger partial charge is 0.480 e. The number of hydrogen-bond donors (Lipinski definition) is 1. The molecule has 1 aliphatic rings. The van der Waals surface area contributed by atoms with Crippen LogP contribution in [0.4, 0.5) is 0 Å². The lowest BCUT2D eigenvalue weighted by atomic mass is 10.1. The number of nitrogens with zero attached hydrogens (tertiary/aromatic N) is 2. The molecule has 1 fully saturated rings. The summed E-state index contributed by atoms with van der Waals surface area (Å²) in [4.78, 5) is 25.0. The zero-order valence-corrected chi connectivity index (χ0v) is 16.0. The maximum absolute atomic E-state index is 12.6. The lowest BCUT2D eigenvalue weighted by Gasteiger charge is -2.26. The fourth-order valence-corrected chi connectivity index (χ4v) is 4.55. The summed E-state index contributed by atoms with van der Waals surface area (Å²) < 4.78 is 26.8. The Morgan fingerprint density at radius 3 is 2.19 bits per heavy atom. The van der Waals surface area contributed by atoms with Crippen molar-refractivity contribution in [2.24, 2.45) is 5.92 Å². The van der Waals surface area contributed by atoms with Crippen LogP contribution in [0.2, 0.25) is 0 Å². The van der Waals surface area contributed by atoms with Crippen LogP contribution in [-0.4, -0.2) is 60.8 Å². The lowest BCUT2D eigenvalue weighted by molar-refractivity contribution is -0.137. The number of rotatable bonds is 7. The highest BCUT2D eigenvalue weighted by Gasteiger charge is 2.26. The van der Waals surface area contributed by atoms with Gasteiger partial charge in [-0.2, -0.15) is 4.31 Å². The van der Waals surface area contributed by atoms with E-state index in [-0.39, 0.29) is 22.9 Å². The molecule has 0 aliphatic carbocycles. The van der Waals surface area contributed by atoms with Crippen LogP contribution in [-0.2, 0) is 14.8 Å². The molecule has 0 radical (unpaired) electrons. The van der Waals surface area contributed by atoms with E-state index in [9.17, 15) is 18.0 Å². The molecule has 1 aromatic carbocycles. The van der Waals surface area contributed by atoms with Crippen molar-refractivity contribution in [1.82, 2.24) is 9.21 Å². The van der Waals surface area contributed by atoms with Gasteiger partial charge in [0.25, 0.3) is 5.91 Å². The molecule has 1 heterocycles. The van der Waals surface area contributed by atoms with E-state index in [2.05, 4.69) is 0 Å². The maximum atomic E-state index is 12.6. The molecule has 0 atom stereocenters. The summed E-state index contributed by atoms with van der Waals surface area (Å²) >= 11 is 0. The molecule has 1 amide bonds. The monoisotopic (exact) mass is 382 g/mol. The molecule has 1 aromatic rings. The molecule has 2 rings (SSSR count). The SMILES string of the molecule is CC(C)CN(CC(=O)O)C(=O)c1ccc(S(=O)(=O)N2CCCCC2)cc1. The number of piperidine rings is 1. The predicted octanol–water partition coefficient (Wildman–Crippen LogP) is 2.04. The summed E-state index contributed by atoms with van der Waals surface area (Å²) in [6, 6.07) is 5.75. The van der Waals surface area contributed by atoms with Crippen LogP contribution in [0.25, 0.3) is 0 Å². The van der Waals surface area contributed by atoms with Crippen molar-refractivity contribution in [2.45, 2.75) is 38.0 Å². The molecular formula is C18H26N2O5S. The van der Waals surface area contributed by atoms with E-state index in [0.29, 0.717) is 19.6 Å². The van der Waals surface area contributed by atoms with Crippen molar-refractivity contribution < 1.29 is 23.1 Å². The molecule has 1 saturated heterocycles. The van der Waals surface area contributed by atoms with Crippen molar-refractivity contribution in [3.8, 4) is 0 Å². The molecule has 7 nitrogen and oxygen atoms in total. The van der Waals surface area contributed by atoms with Gasteiger partial charge in [-0.05, 0) is 43.0 Å². The summed E-state index contributed by atoms with van der Waals surface area (Å²) in [7, 11) is -3.55. The van der Waals surface area contributed by atoms with Gasteiger partial charge in [-0.1, -0.05) is 20.3 Å². The molecule has 1 aliphatic heterocycles. The number of carbonyl (C=O) groups is 2. The van der Waals surface area contributed by atoms with Crippen LogP contribution in [0.5, 0.6) is 0 Å². The second-order valence-electron chi connectivity index (χ2n) is 6.96. The Bertz CT molecular complexity index is 737. The Balaban J connectivity index is 2.19. The number of carboxylic acids is 1. The number of carboxylic acid groups (broad SMARTS) is 1. The van der Waals surface area contributed by atoms with Gasteiger partial charge in [-0.15, -0.1) is 0 Å². The van der Waals surface area contributed by atoms with E-state index < -0.39 is 21.9 Å². The number of aliphatic carboxylic acids is 1. The van der Waals surface area contributed by atoms with Crippen LogP contribution < -0.4 is 0 Å². The second kappa shape index (κ2) is 8.64. The average Bonchev–Trinajstić information content (AvgIpc) is 2.60. The van der Waals surface area contributed by atoms with E-state index in [0.717, 1.165) is 19.3 Å². The van der Waals surface area contributed by atoms with E-state index in [1.54, 1.807) is 0 Å². The van der Waals surface area contributed by atoms with Crippen molar-refractivity contribution in [3.63, 3.8) is 0 Å². The van der Waals surface area contributed by atoms with Gasteiger partial charge in [0.15, 0.2) is 0 Å². The predicted molar refractivity (Wildman–Crippen MR) is 97.4 cm³/mol. The average molecular weight is 382 g/mol. The van der Waals surface area contributed by atoms with Gasteiger partial charge in [0, 0.05) is 25.2 Å². The first-order chi connectivity index (χ1) is 12.2. The normalized spacial score (nSPS) is 15.8. The van der Waals surface area contributed by atoms with Crippen molar-refractivity contribution >= 4 is 21.9 Å². The maximum Gasteiger partial charge on any atom is 0.323 e. The highest BCUT2D eigenvalue weighted by atomic mass is 32.2. The third-order valence-electron chi connectivity index (χ3n) is 4.25. The Kier molecular flexibility index (Phi) is 6.77. The fourth-order valence-electron chi connectivity index (χ4n) is 3.03. The van der Waals surface area contributed by atoms with Gasteiger partial charge in [-0.25, -0.2) is 8.42 Å². The van der Waals surface area contributed by atoms with Gasteiger partial charge in [-0.3, -0.25) is 9.59 Å². The first-order valence-corrected chi connectivity index (χ1v) is 10.3. The van der Waals surface area contributed by atoms with Crippen LogP contribution in [0.1, 0.15) is 43.5 Å². The quantitative estimate of drug-likeness (QED) is 0.779. The fraction of sp³-hybridized carbons (Fsp3) is 0.556. The van der Waals surface area contributed by atoms with Crippen molar-refractivity contribution in [2.75, 3.05) is 26.2 Å². The number of hydrogen-bond acceptors (Lipinski definition) is 4. The van der Waals surface area contributed by atoms with E-state index in [1.165, 1.54) is 33.5 Å². The highest BCUT2D eigenvalue weighted by molar-refractivity contribution is 7.89. The summed E-state index contributed by atoms with van der Waals surface area (Å²) in [6.07, 6.45) is 2.75. The molecule has 1 N–H and O–H groups in total. The highest BCUT2D eigenvalue weighted by Crippen LogP contribution is 2.21. The third-order valence-corrected chi connectivity index (χ3v) is 6.17. The van der Waals surface area contributed by atoms with Crippen LogP contribution in [0.15, 0.2) is 29.2 Å². The molecule has 144 valence electrons. The molecule has 0 aromatic heterocycles. The standard InChI is InChI=1S/C18H26N2O5S/c1-14(2)12-19(13-17(21)22)18(23)15-6-8-16(9-7-15)26(24,25)20-10-4-3-5-11-20/h6-9,14H,3-5,10-13H2,1-2H3,(H,21,22).